The average Bonchev–Trinajstić information content (AvgIpc) is 2.45. The van der Waals surface area contributed by atoms with Crippen LogP contribution in [0.25, 0.3) is 0 Å². The van der Waals surface area contributed by atoms with E-state index in [9.17, 15) is 4.79 Å². The third-order valence-electron chi connectivity index (χ3n) is 1.54. The van der Waals surface area contributed by atoms with E-state index in [-0.39, 0.29) is 6.42 Å². The lowest BCUT2D eigenvalue weighted by molar-refractivity contribution is -0.137. The number of carboxylic acid groups (broad SMARTS) is 1. The molecule has 0 unspecified atom stereocenters. The number of aryl methyl sites for hydroxylation is 1. The Bertz CT molecular complexity index is 287. The molecule has 0 spiro atoms. The van der Waals surface area contributed by atoms with Crippen LogP contribution >= 0.6 is 22.6 Å². The number of carbonyl (C=O) groups is 1. The van der Waals surface area contributed by atoms with Crippen LogP contribution in [0.2, 0.25) is 0 Å². The Balaban J connectivity index is 2.16. The van der Waals surface area contributed by atoms with Crippen LogP contribution < -0.4 is 0 Å². The molecule has 0 saturated carbocycles. The zero-order valence-electron chi connectivity index (χ0n) is 6.98. The van der Waals surface area contributed by atoms with Gasteiger partial charge in [-0.2, -0.15) is 0 Å². The second-order valence-electron chi connectivity index (χ2n) is 2.63. The highest BCUT2D eigenvalue weighted by Crippen LogP contribution is 1.99. The lowest BCUT2D eigenvalue weighted by Crippen LogP contribution is -2.00. The Morgan fingerprint density at radius 2 is 2.38 bits per heavy atom. The van der Waals surface area contributed by atoms with Crippen LogP contribution in [-0.2, 0) is 11.3 Å². The topological polar surface area (TPSA) is 68.0 Å². The van der Waals surface area contributed by atoms with Crippen molar-refractivity contribution in [3.05, 3.63) is 10.2 Å². The summed E-state index contributed by atoms with van der Waals surface area (Å²) in [5.74, 6) is -0.742. The monoisotopic (exact) mass is 295 g/mol. The molecule has 72 valence electrons. The van der Waals surface area contributed by atoms with Crippen LogP contribution in [0.1, 0.15) is 19.3 Å². The maximum Gasteiger partial charge on any atom is 0.303 e. The zero-order chi connectivity index (χ0) is 9.68. The molecule has 0 radical (unpaired) electrons. The van der Waals surface area contributed by atoms with Crippen molar-refractivity contribution in [2.75, 3.05) is 0 Å². The Kier molecular flexibility index (Phi) is 4.13. The minimum atomic E-state index is -0.742. The highest BCUT2D eigenvalue weighted by Gasteiger charge is 1.98. The summed E-state index contributed by atoms with van der Waals surface area (Å²) in [6.45, 7) is 0.739. The third-order valence-corrected chi connectivity index (χ3v) is 2.03. The van der Waals surface area contributed by atoms with Gasteiger partial charge in [-0.3, -0.25) is 9.48 Å². The summed E-state index contributed by atoms with van der Waals surface area (Å²) in [6.07, 6.45) is 3.39. The van der Waals surface area contributed by atoms with E-state index in [1.807, 2.05) is 22.6 Å². The Morgan fingerprint density at radius 1 is 1.62 bits per heavy atom. The fourth-order valence-corrected chi connectivity index (χ4v) is 1.33. The SMILES string of the molecule is O=C(O)CCCCn1cnc(I)n1. The van der Waals surface area contributed by atoms with E-state index < -0.39 is 5.97 Å². The van der Waals surface area contributed by atoms with Crippen LogP contribution in [-0.4, -0.2) is 25.8 Å². The van der Waals surface area contributed by atoms with Crippen molar-refractivity contribution in [3.8, 4) is 0 Å². The highest BCUT2D eigenvalue weighted by atomic mass is 127. The van der Waals surface area contributed by atoms with Crippen LogP contribution in [0.4, 0.5) is 0 Å². The summed E-state index contributed by atoms with van der Waals surface area (Å²) in [7, 11) is 0. The lowest BCUT2D eigenvalue weighted by Gasteiger charge is -1.97. The third kappa shape index (κ3) is 4.20. The number of unbranched alkanes of at least 4 members (excludes halogenated alkanes) is 1. The van der Waals surface area contributed by atoms with E-state index in [4.69, 9.17) is 5.11 Å². The van der Waals surface area contributed by atoms with Gasteiger partial charge >= 0.3 is 5.97 Å². The molecule has 0 aromatic carbocycles. The first-order valence-corrected chi connectivity index (χ1v) is 5.03. The van der Waals surface area contributed by atoms with Crippen molar-refractivity contribution in [3.63, 3.8) is 0 Å². The van der Waals surface area contributed by atoms with E-state index in [1.165, 1.54) is 0 Å². The number of nitrogens with zero attached hydrogens (tertiary/aromatic N) is 3. The van der Waals surface area contributed by atoms with Gasteiger partial charge in [0.15, 0.2) is 0 Å². The molecule has 0 bridgehead atoms. The van der Waals surface area contributed by atoms with Crippen molar-refractivity contribution in [1.29, 1.82) is 0 Å². The van der Waals surface area contributed by atoms with Gasteiger partial charge in [0.25, 0.3) is 0 Å². The van der Waals surface area contributed by atoms with Crippen molar-refractivity contribution >= 4 is 28.6 Å². The molecule has 1 N–H and O–H groups in total. The molecule has 0 atom stereocenters. The minimum Gasteiger partial charge on any atom is -0.481 e. The number of hydrogen-bond donors (Lipinski definition) is 1. The van der Waals surface area contributed by atoms with Crippen molar-refractivity contribution in [2.24, 2.45) is 0 Å². The van der Waals surface area contributed by atoms with Crippen LogP contribution in [0.15, 0.2) is 6.33 Å². The summed E-state index contributed by atoms with van der Waals surface area (Å²) < 4.78 is 2.44. The van der Waals surface area contributed by atoms with Gasteiger partial charge in [0, 0.05) is 35.6 Å². The first-order chi connectivity index (χ1) is 6.18. The predicted molar refractivity (Wildman–Crippen MR) is 54.2 cm³/mol. The first-order valence-electron chi connectivity index (χ1n) is 3.95. The van der Waals surface area contributed by atoms with Gasteiger partial charge in [-0.25, -0.2) is 4.98 Å². The Hall–Kier alpha value is -0.660. The predicted octanol–water partition coefficient (Wildman–Crippen LogP) is 1.14. The van der Waals surface area contributed by atoms with Crippen molar-refractivity contribution < 1.29 is 9.90 Å². The zero-order valence-corrected chi connectivity index (χ0v) is 9.14. The average molecular weight is 295 g/mol. The van der Waals surface area contributed by atoms with Gasteiger partial charge in [-0.15, -0.1) is 5.10 Å². The van der Waals surface area contributed by atoms with E-state index in [2.05, 4.69) is 10.1 Å². The standard InChI is InChI=1S/C7H10IN3O2/c8-7-9-5-11(10-7)4-2-1-3-6(12)13/h5H,1-4H2,(H,12,13). The summed E-state index contributed by atoms with van der Waals surface area (Å²) in [4.78, 5) is 14.1. The molecule has 0 aliphatic heterocycles. The van der Waals surface area contributed by atoms with E-state index in [0.717, 1.165) is 16.8 Å². The molecule has 1 heterocycles. The molecular weight excluding hydrogens is 285 g/mol. The van der Waals surface area contributed by atoms with Crippen LogP contribution in [0.5, 0.6) is 0 Å². The second kappa shape index (κ2) is 5.15. The molecular formula is C7H10IN3O2. The first kappa shape index (κ1) is 10.4. The summed E-state index contributed by atoms with van der Waals surface area (Å²) in [6, 6.07) is 0. The second-order valence-corrected chi connectivity index (χ2v) is 3.59. The molecule has 6 heteroatoms. The maximum atomic E-state index is 10.2. The van der Waals surface area contributed by atoms with Crippen molar-refractivity contribution in [2.45, 2.75) is 25.8 Å². The number of rotatable bonds is 5. The number of carboxylic acids is 1. The number of aromatic nitrogens is 3. The van der Waals surface area contributed by atoms with E-state index in [1.54, 1.807) is 11.0 Å². The van der Waals surface area contributed by atoms with Crippen molar-refractivity contribution in [1.82, 2.24) is 14.8 Å². The molecule has 1 aromatic heterocycles. The van der Waals surface area contributed by atoms with Gasteiger partial charge in [-0.05, 0) is 12.8 Å². The Labute approximate surface area is 89.3 Å². The molecule has 0 saturated heterocycles. The minimum absolute atomic E-state index is 0.228. The van der Waals surface area contributed by atoms with Gasteiger partial charge in [0.2, 0.25) is 3.83 Å². The van der Waals surface area contributed by atoms with Gasteiger partial charge in [-0.1, -0.05) is 0 Å². The molecule has 0 fully saturated rings. The van der Waals surface area contributed by atoms with Gasteiger partial charge < -0.3 is 5.11 Å². The molecule has 0 aliphatic carbocycles. The highest BCUT2D eigenvalue weighted by molar-refractivity contribution is 14.1. The lowest BCUT2D eigenvalue weighted by atomic mass is 10.2. The molecule has 1 aromatic rings. The maximum absolute atomic E-state index is 10.2. The molecule has 0 aliphatic rings. The molecule has 13 heavy (non-hydrogen) atoms. The largest absolute Gasteiger partial charge is 0.481 e. The smallest absolute Gasteiger partial charge is 0.303 e. The number of halogens is 1. The number of hydrogen-bond acceptors (Lipinski definition) is 3. The van der Waals surface area contributed by atoms with Crippen LogP contribution in [0.3, 0.4) is 0 Å². The molecule has 5 nitrogen and oxygen atoms in total. The molecule has 1 rings (SSSR count). The summed E-state index contributed by atoms with van der Waals surface area (Å²) in [5.41, 5.74) is 0. The number of aliphatic carboxylic acids is 1. The molecule has 0 amide bonds. The van der Waals surface area contributed by atoms with E-state index in [0.29, 0.717) is 6.42 Å². The Morgan fingerprint density at radius 3 is 2.92 bits per heavy atom. The summed E-state index contributed by atoms with van der Waals surface area (Å²) in [5, 5.41) is 12.5. The van der Waals surface area contributed by atoms with Crippen LogP contribution in [0, 0.1) is 3.83 Å². The fraction of sp³-hybridized carbons (Fsp3) is 0.571. The van der Waals surface area contributed by atoms with Gasteiger partial charge in [0.1, 0.15) is 6.33 Å². The fourth-order valence-electron chi connectivity index (χ4n) is 0.930. The summed E-state index contributed by atoms with van der Waals surface area (Å²) >= 11 is 2.04. The van der Waals surface area contributed by atoms with Gasteiger partial charge in [0.05, 0.1) is 0 Å². The normalized spacial score (nSPS) is 10.2. The quantitative estimate of drug-likeness (QED) is 0.653. The van der Waals surface area contributed by atoms with E-state index >= 15 is 0 Å².